The third-order valence-corrected chi connectivity index (χ3v) is 6.76. The van der Waals surface area contributed by atoms with Crippen LogP contribution in [0.3, 0.4) is 0 Å². The molecule has 0 aliphatic carbocycles. The van der Waals surface area contributed by atoms with E-state index in [4.69, 9.17) is 47.9 Å². The van der Waals surface area contributed by atoms with Crippen LogP contribution in [0.2, 0.25) is 10.0 Å². The van der Waals surface area contributed by atoms with Gasteiger partial charge in [0.15, 0.2) is 17.9 Å². The zero-order valence-electron chi connectivity index (χ0n) is 19.3. The molecular weight excluding hydrogens is 539 g/mol. The molecule has 1 fully saturated rings. The van der Waals surface area contributed by atoms with E-state index in [1.807, 2.05) is 0 Å². The van der Waals surface area contributed by atoms with Crippen molar-refractivity contribution in [1.29, 1.82) is 0 Å². The molecule has 0 spiro atoms. The Morgan fingerprint density at radius 2 is 1.72 bits per heavy atom. The van der Waals surface area contributed by atoms with Gasteiger partial charge >= 0.3 is 17.9 Å². The van der Waals surface area contributed by atoms with E-state index < -0.39 is 53.6 Å². The number of carbonyl (C=O) groups excluding carboxylic acids is 4. The first-order valence-corrected chi connectivity index (χ1v) is 12.1. The Bertz CT molecular complexity index is 1160. The predicted octanol–water partition coefficient (Wildman–Crippen LogP) is 2.17. The minimum Gasteiger partial charge on any atom is -0.463 e. The molecule has 1 saturated heterocycles. The number of esters is 3. The second-order valence-corrected chi connectivity index (χ2v) is 9.61. The van der Waals surface area contributed by atoms with Crippen LogP contribution < -0.4 is 5.73 Å². The second kappa shape index (κ2) is 11.9. The third-order valence-electron chi connectivity index (χ3n) is 4.88. The van der Waals surface area contributed by atoms with Crippen molar-refractivity contribution >= 4 is 58.8 Å². The predicted molar refractivity (Wildman–Crippen MR) is 126 cm³/mol. The molecule has 0 bridgehead atoms. The SMILES string of the molecule is CC(=O)OCC1OC(Sc2ccc(Cl)c(Cl)c2)C(OC(C)=O)C(n2cc(C(N)=O)nn2)C1OC(C)=O. The number of aromatic nitrogens is 3. The smallest absolute Gasteiger partial charge is 0.303 e. The fraction of sp³-hybridized carbons (Fsp3) is 0.429. The quantitative estimate of drug-likeness (QED) is 0.371. The molecule has 1 aromatic heterocycles. The van der Waals surface area contributed by atoms with Crippen molar-refractivity contribution in [2.24, 2.45) is 5.73 Å². The monoisotopic (exact) mass is 560 g/mol. The van der Waals surface area contributed by atoms with Crippen molar-refractivity contribution in [3.8, 4) is 0 Å². The number of primary amides is 1. The van der Waals surface area contributed by atoms with Gasteiger partial charge in [-0.05, 0) is 18.2 Å². The van der Waals surface area contributed by atoms with Gasteiger partial charge in [0.25, 0.3) is 5.91 Å². The fourth-order valence-corrected chi connectivity index (χ4v) is 5.01. The lowest BCUT2D eigenvalue weighted by atomic mass is 9.96. The summed E-state index contributed by atoms with van der Waals surface area (Å²) in [5.41, 5.74) is 4.20. The summed E-state index contributed by atoms with van der Waals surface area (Å²) in [7, 11) is 0. The highest BCUT2D eigenvalue weighted by molar-refractivity contribution is 7.99. The Kier molecular flexibility index (Phi) is 9.17. The highest BCUT2D eigenvalue weighted by atomic mass is 35.5. The summed E-state index contributed by atoms with van der Waals surface area (Å²) < 4.78 is 23.6. The number of nitrogens with zero attached hydrogens (tertiary/aromatic N) is 3. The summed E-state index contributed by atoms with van der Waals surface area (Å²) >= 11 is 13.3. The highest BCUT2D eigenvalue weighted by Crippen LogP contribution is 2.42. The van der Waals surface area contributed by atoms with E-state index in [0.717, 1.165) is 11.8 Å². The Labute approximate surface area is 219 Å². The first-order chi connectivity index (χ1) is 17.0. The molecule has 1 aliphatic heterocycles. The number of hydrogen-bond acceptors (Lipinski definition) is 11. The summed E-state index contributed by atoms with van der Waals surface area (Å²) in [6.07, 6.45) is -2.08. The topological polar surface area (TPSA) is 162 Å². The Hall–Kier alpha value is -2.87. The van der Waals surface area contributed by atoms with E-state index >= 15 is 0 Å². The van der Waals surface area contributed by atoms with E-state index in [2.05, 4.69) is 10.3 Å². The van der Waals surface area contributed by atoms with Gasteiger partial charge in [0.05, 0.1) is 16.2 Å². The van der Waals surface area contributed by atoms with E-state index in [1.165, 1.54) is 31.6 Å². The molecule has 3 rings (SSSR count). The molecule has 1 aromatic carbocycles. The van der Waals surface area contributed by atoms with Gasteiger partial charge in [0.2, 0.25) is 0 Å². The summed E-state index contributed by atoms with van der Waals surface area (Å²) in [6, 6.07) is 3.81. The lowest BCUT2D eigenvalue weighted by molar-refractivity contribution is -0.212. The number of amides is 1. The zero-order chi connectivity index (χ0) is 26.6. The molecule has 1 amide bonds. The summed E-state index contributed by atoms with van der Waals surface area (Å²) in [6.45, 7) is 3.28. The van der Waals surface area contributed by atoms with Crippen LogP contribution in [0.4, 0.5) is 0 Å². The van der Waals surface area contributed by atoms with Crippen molar-refractivity contribution in [2.45, 2.75) is 55.5 Å². The normalized spacial score (nSPS) is 23.5. The first kappa shape index (κ1) is 27.7. The zero-order valence-corrected chi connectivity index (χ0v) is 21.6. The van der Waals surface area contributed by atoms with Crippen molar-refractivity contribution < 1.29 is 38.1 Å². The molecule has 5 atom stereocenters. The number of rotatable bonds is 8. The molecule has 2 aromatic rings. The number of ether oxygens (including phenoxy) is 4. The molecule has 1 aliphatic rings. The highest BCUT2D eigenvalue weighted by Gasteiger charge is 2.52. The van der Waals surface area contributed by atoms with Crippen LogP contribution in [0, 0.1) is 0 Å². The van der Waals surface area contributed by atoms with Gasteiger partial charge < -0.3 is 24.7 Å². The number of hydrogen-bond donors (Lipinski definition) is 1. The van der Waals surface area contributed by atoms with Gasteiger partial charge in [-0.2, -0.15) is 0 Å². The molecule has 2 N–H and O–H groups in total. The second-order valence-electron chi connectivity index (χ2n) is 7.63. The van der Waals surface area contributed by atoms with Gasteiger partial charge in [-0.25, -0.2) is 4.68 Å². The van der Waals surface area contributed by atoms with Gasteiger partial charge in [-0.1, -0.05) is 40.2 Å². The van der Waals surface area contributed by atoms with Gasteiger partial charge in [-0.3, -0.25) is 19.2 Å². The van der Waals surface area contributed by atoms with Crippen LogP contribution in [0.15, 0.2) is 29.3 Å². The van der Waals surface area contributed by atoms with Crippen molar-refractivity contribution in [2.75, 3.05) is 6.61 Å². The van der Waals surface area contributed by atoms with E-state index in [1.54, 1.807) is 18.2 Å². The number of benzene rings is 1. The van der Waals surface area contributed by atoms with Crippen LogP contribution >= 0.6 is 35.0 Å². The van der Waals surface area contributed by atoms with Crippen LogP contribution in [0.1, 0.15) is 37.3 Å². The molecule has 0 radical (unpaired) electrons. The lowest BCUT2D eigenvalue weighted by Gasteiger charge is -2.44. The Morgan fingerprint density at radius 3 is 2.28 bits per heavy atom. The van der Waals surface area contributed by atoms with Crippen LogP contribution in [-0.2, 0) is 33.3 Å². The van der Waals surface area contributed by atoms with Crippen LogP contribution in [0.25, 0.3) is 0 Å². The molecule has 15 heteroatoms. The molecule has 12 nitrogen and oxygen atoms in total. The number of thioether (sulfide) groups is 1. The van der Waals surface area contributed by atoms with Gasteiger partial charge in [0, 0.05) is 25.7 Å². The largest absolute Gasteiger partial charge is 0.463 e. The molecule has 2 heterocycles. The van der Waals surface area contributed by atoms with Gasteiger partial charge in [0.1, 0.15) is 24.2 Å². The number of nitrogens with two attached hydrogens (primary N) is 1. The maximum Gasteiger partial charge on any atom is 0.303 e. The Morgan fingerprint density at radius 1 is 1.06 bits per heavy atom. The van der Waals surface area contributed by atoms with Crippen LogP contribution in [0.5, 0.6) is 0 Å². The third kappa shape index (κ3) is 6.87. The lowest BCUT2D eigenvalue weighted by Crippen LogP contribution is -2.57. The fourth-order valence-electron chi connectivity index (χ4n) is 3.50. The van der Waals surface area contributed by atoms with Crippen molar-refractivity contribution in [3.63, 3.8) is 0 Å². The molecular formula is C21H22Cl2N4O8S. The summed E-state index contributed by atoms with van der Waals surface area (Å²) in [5.74, 6) is -2.79. The average Bonchev–Trinajstić information content (AvgIpc) is 3.26. The number of halogens is 2. The van der Waals surface area contributed by atoms with Crippen molar-refractivity contribution in [1.82, 2.24) is 15.0 Å². The molecule has 36 heavy (non-hydrogen) atoms. The van der Waals surface area contributed by atoms with E-state index in [9.17, 15) is 19.2 Å². The Balaban J connectivity index is 2.10. The van der Waals surface area contributed by atoms with E-state index in [-0.39, 0.29) is 17.3 Å². The van der Waals surface area contributed by atoms with Gasteiger partial charge in [-0.15, -0.1) is 5.10 Å². The van der Waals surface area contributed by atoms with Crippen molar-refractivity contribution in [3.05, 3.63) is 40.1 Å². The average molecular weight is 561 g/mol. The minimum atomic E-state index is -1.17. The molecule has 194 valence electrons. The minimum absolute atomic E-state index is 0.171. The molecule has 0 saturated carbocycles. The standard InChI is InChI=1S/C21H22Cl2N4O8S/c1-9(28)32-8-16-18(33-10(2)29)17(27-7-15(20(24)31)25-26-27)19(34-11(3)30)21(35-16)36-12-4-5-13(22)14(23)6-12/h4-7,16-19,21H,8H2,1-3H3,(H2,24,31). The van der Waals surface area contributed by atoms with Crippen LogP contribution in [-0.4, -0.2) is 69.2 Å². The maximum absolute atomic E-state index is 12.1. The maximum atomic E-state index is 12.1. The molecule has 5 unspecified atom stereocenters. The first-order valence-electron chi connectivity index (χ1n) is 10.4. The van der Waals surface area contributed by atoms with E-state index in [0.29, 0.717) is 9.92 Å². The number of carbonyl (C=O) groups is 4. The summed E-state index contributed by atoms with van der Waals surface area (Å²) in [4.78, 5) is 47.9. The summed E-state index contributed by atoms with van der Waals surface area (Å²) in [5, 5.41) is 8.31.